The highest BCUT2D eigenvalue weighted by molar-refractivity contribution is 5.96. The van der Waals surface area contributed by atoms with Gasteiger partial charge in [-0.3, -0.25) is 4.79 Å². The first-order chi connectivity index (χ1) is 11.9. The third kappa shape index (κ3) is 1.65. The Hall–Kier alpha value is -2.22. The average Bonchev–Trinajstić information content (AvgIpc) is 3.08. The summed E-state index contributed by atoms with van der Waals surface area (Å²) < 4.78 is 10.6. The highest BCUT2D eigenvalue weighted by Gasteiger charge is 2.78. The van der Waals surface area contributed by atoms with Crippen molar-refractivity contribution in [2.75, 3.05) is 20.8 Å². The molecule has 4 atom stereocenters. The number of carbonyl (C=O) groups excluding carboxylic acids is 1. The van der Waals surface area contributed by atoms with Gasteiger partial charge in [0.05, 0.1) is 20.3 Å². The molecule has 3 fully saturated rings. The number of amides is 1. The average molecular weight is 340 g/mol. The fourth-order valence-corrected chi connectivity index (χ4v) is 5.88. The van der Waals surface area contributed by atoms with E-state index in [0.29, 0.717) is 29.5 Å². The van der Waals surface area contributed by atoms with Crippen LogP contribution in [-0.4, -0.2) is 37.1 Å². The molecule has 132 valence electrons. The Morgan fingerprint density at radius 3 is 2.60 bits per heavy atom. The first kappa shape index (κ1) is 16.3. The second-order valence-corrected chi connectivity index (χ2v) is 8.12. The molecule has 0 radical (unpaired) electrons. The number of methoxy groups -OCH3 is 2. The van der Waals surface area contributed by atoms with E-state index in [0.717, 1.165) is 12.8 Å². The van der Waals surface area contributed by atoms with Gasteiger partial charge in [0.25, 0.3) is 5.91 Å². The SMILES string of the molecule is COc1ccc(C(=O)N2C[C@@]3(C)[C@H]4CC[C@@]3(C)[C@@]2(C#N)C4)cc1OC. The van der Waals surface area contributed by atoms with Crippen molar-refractivity contribution in [2.24, 2.45) is 16.7 Å². The molecule has 25 heavy (non-hydrogen) atoms. The van der Waals surface area contributed by atoms with Crippen LogP contribution >= 0.6 is 0 Å². The van der Waals surface area contributed by atoms with Gasteiger partial charge in [-0.15, -0.1) is 0 Å². The van der Waals surface area contributed by atoms with Crippen LogP contribution in [0.3, 0.4) is 0 Å². The van der Waals surface area contributed by atoms with Gasteiger partial charge in [0.2, 0.25) is 0 Å². The minimum atomic E-state index is -0.686. The molecule has 5 nitrogen and oxygen atoms in total. The third-order valence-corrected chi connectivity index (χ3v) is 7.62. The summed E-state index contributed by atoms with van der Waals surface area (Å²) in [6.07, 6.45) is 3.00. The van der Waals surface area contributed by atoms with E-state index in [1.807, 2.05) is 4.90 Å². The summed E-state index contributed by atoms with van der Waals surface area (Å²) in [7, 11) is 3.13. The van der Waals surface area contributed by atoms with E-state index in [1.165, 1.54) is 6.42 Å². The molecule has 0 unspecified atom stereocenters. The number of nitriles is 1. The smallest absolute Gasteiger partial charge is 0.255 e. The Balaban J connectivity index is 1.75. The van der Waals surface area contributed by atoms with E-state index in [-0.39, 0.29) is 16.7 Å². The zero-order valence-electron chi connectivity index (χ0n) is 15.3. The molecule has 2 aliphatic carbocycles. The van der Waals surface area contributed by atoms with Crippen LogP contribution in [0.5, 0.6) is 11.5 Å². The Morgan fingerprint density at radius 2 is 2.00 bits per heavy atom. The normalized spacial score (nSPS) is 37.9. The zero-order chi connectivity index (χ0) is 18.0. The maximum Gasteiger partial charge on any atom is 0.255 e. The lowest BCUT2D eigenvalue weighted by Crippen LogP contribution is -2.54. The quantitative estimate of drug-likeness (QED) is 0.847. The number of nitrogens with zero attached hydrogens (tertiary/aromatic N) is 2. The highest BCUT2D eigenvalue weighted by atomic mass is 16.5. The van der Waals surface area contributed by atoms with Crippen molar-refractivity contribution in [3.8, 4) is 17.6 Å². The molecule has 0 N–H and O–H groups in total. The monoisotopic (exact) mass is 340 g/mol. The molecule has 2 saturated carbocycles. The summed E-state index contributed by atoms with van der Waals surface area (Å²) in [5.74, 6) is 1.59. The van der Waals surface area contributed by atoms with Crippen molar-refractivity contribution in [1.82, 2.24) is 4.90 Å². The second-order valence-electron chi connectivity index (χ2n) is 8.12. The largest absolute Gasteiger partial charge is 0.493 e. The molecule has 1 aromatic rings. The standard InChI is InChI=1S/C20H24N2O3/c1-18-12-22(20(11-21)10-14(18)7-8-19(18,20)2)17(23)13-5-6-15(24-3)16(9-13)25-4/h5-6,9,14H,7-8,10,12H2,1-4H3/t14-,18-,19+,20-/m0/s1. The van der Waals surface area contributed by atoms with Crippen LogP contribution in [0.1, 0.15) is 43.5 Å². The summed E-state index contributed by atoms with van der Waals surface area (Å²) in [6, 6.07) is 7.78. The number of benzene rings is 1. The van der Waals surface area contributed by atoms with Gasteiger partial charge in [0.15, 0.2) is 11.5 Å². The van der Waals surface area contributed by atoms with Crippen LogP contribution in [0.4, 0.5) is 0 Å². The first-order valence-electron chi connectivity index (χ1n) is 8.82. The number of likely N-dealkylation sites (tertiary alicyclic amines) is 1. The van der Waals surface area contributed by atoms with Crippen molar-refractivity contribution in [1.29, 1.82) is 5.26 Å². The summed E-state index contributed by atoms with van der Waals surface area (Å²) in [4.78, 5) is 15.1. The van der Waals surface area contributed by atoms with Crippen molar-refractivity contribution in [3.05, 3.63) is 23.8 Å². The summed E-state index contributed by atoms with van der Waals surface area (Å²) in [5.41, 5.74) is -0.224. The molecule has 0 aromatic heterocycles. The summed E-state index contributed by atoms with van der Waals surface area (Å²) >= 11 is 0. The van der Waals surface area contributed by atoms with Crippen LogP contribution < -0.4 is 9.47 Å². The molecule has 1 aromatic carbocycles. The number of piperidine rings is 1. The fraction of sp³-hybridized carbons (Fsp3) is 0.600. The topological polar surface area (TPSA) is 62.6 Å². The highest BCUT2D eigenvalue weighted by Crippen LogP contribution is 2.75. The van der Waals surface area contributed by atoms with Gasteiger partial charge >= 0.3 is 0 Å². The maximum atomic E-state index is 13.3. The lowest BCUT2D eigenvalue weighted by atomic mass is 9.66. The van der Waals surface area contributed by atoms with Gasteiger partial charge < -0.3 is 14.4 Å². The lowest BCUT2D eigenvalue weighted by Gasteiger charge is -2.43. The predicted octanol–water partition coefficient (Wildman–Crippen LogP) is 3.25. The van der Waals surface area contributed by atoms with Crippen molar-refractivity contribution in [3.63, 3.8) is 0 Å². The van der Waals surface area contributed by atoms with E-state index in [1.54, 1.807) is 32.4 Å². The van der Waals surface area contributed by atoms with Gasteiger partial charge in [-0.05, 0) is 48.8 Å². The van der Waals surface area contributed by atoms with Gasteiger partial charge in [-0.1, -0.05) is 13.8 Å². The Labute approximate surface area is 148 Å². The van der Waals surface area contributed by atoms with E-state index in [4.69, 9.17) is 9.47 Å². The van der Waals surface area contributed by atoms with Crippen LogP contribution in [0, 0.1) is 28.1 Å². The zero-order valence-corrected chi connectivity index (χ0v) is 15.3. The minimum absolute atomic E-state index is 0.0367. The molecule has 1 saturated heterocycles. The fourth-order valence-electron chi connectivity index (χ4n) is 5.88. The van der Waals surface area contributed by atoms with Crippen LogP contribution in [0.25, 0.3) is 0 Å². The molecule has 0 spiro atoms. The van der Waals surface area contributed by atoms with Crippen LogP contribution in [-0.2, 0) is 0 Å². The number of ether oxygens (including phenoxy) is 2. The molecular weight excluding hydrogens is 316 g/mol. The minimum Gasteiger partial charge on any atom is -0.493 e. The Bertz CT molecular complexity index is 801. The Kier molecular flexibility index (Phi) is 3.19. The van der Waals surface area contributed by atoms with Gasteiger partial charge in [0.1, 0.15) is 5.54 Å². The summed E-state index contributed by atoms with van der Waals surface area (Å²) in [5, 5.41) is 10.1. The molecule has 5 heteroatoms. The molecule has 1 aliphatic heterocycles. The van der Waals surface area contributed by atoms with Crippen molar-refractivity contribution < 1.29 is 14.3 Å². The van der Waals surface area contributed by atoms with E-state index < -0.39 is 5.54 Å². The molecule has 4 rings (SSSR count). The first-order valence-corrected chi connectivity index (χ1v) is 8.82. The van der Waals surface area contributed by atoms with E-state index in [2.05, 4.69) is 19.9 Å². The number of carbonyl (C=O) groups is 1. The predicted molar refractivity (Wildman–Crippen MR) is 92.5 cm³/mol. The van der Waals surface area contributed by atoms with Crippen LogP contribution in [0.15, 0.2) is 18.2 Å². The van der Waals surface area contributed by atoms with Crippen molar-refractivity contribution >= 4 is 5.91 Å². The van der Waals surface area contributed by atoms with Crippen molar-refractivity contribution in [2.45, 2.75) is 38.6 Å². The van der Waals surface area contributed by atoms with Gasteiger partial charge in [-0.2, -0.15) is 5.26 Å². The number of rotatable bonds is 3. The maximum absolute atomic E-state index is 13.3. The molecule has 4 bridgehead atoms. The van der Waals surface area contributed by atoms with Gasteiger partial charge in [-0.25, -0.2) is 0 Å². The van der Waals surface area contributed by atoms with E-state index >= 15 is 0 Å². The van der Waals surface area contributed by atoms with Gasteiger partial charge in [0, 0.05) is 17.5 Å². The molecule has 3 aliphatic rings. The van der Waals surface area contributed by atoms with E-state index in [9.17, 15) is 10.1 Å². The molecule has 1 heterocycles. The summed E-state index contributed by atoms with van der Waals surface area (Å²) in [6.45, 7) is 5.14. The van der Waals surface area contributed by atoms with Crippen LogP contribution in [0.2, 0.25) is 0 Å². The Morgan fingerprint density at radius 1 is 1.28 bits per heavy atom. The number of hydrogen-bond acceptors (Lipinski definition) is 4. The number of hydrogen-bond donors (Lipinski definition) is 0. The lowest BCUT2D eigenvalue weighted by molar-refractivity contribution is 0.0429. The second kappa shape index (κ2) is 4.91. The molecule has 1 amide bonds. The molecular formula is C20H24N2O3. The third-order valence-electron chi connectivity index (χ3n) is 7.62.